The van der Waals surface area contributed by atoms with Crippen molar-refractivity contribution in [1.82, 2.24) is 20.4 Å². The van der Waals surface area contributed by atoms with Gasteiger partial charge in [-0.1, -0.05) is 48.5 Å². The zero-order valence-corrected chi connectivity index (χ0v) is 19.6. The van der Waals surface area contributed by atoms with Crippen molar-refractivity contribution in [3.8, 4) is 11.4 Å². The first-order chi connectivity index (χ1) is 16.5. The minimum absolute atomic E-state index is 0.285. The number of rotatable bonds is 6. The van der Waals surface area contributed by atoms with Gasteiger partial charge in [-0.3, -0.25) is 0 Å². The van der Waals surface area contributed by atoms with Crippen molar-refractivity contribution in [3.05, 3.63) is 101 Å². The molecular weight excluding hydrogens is 451 g/mol. The van der Waals surface area contributed by atoms with Crippen molar-refractivity contribution < 1.29 is 13.3 Å². The Bertz CT molecular complexity index is 1350. The minimum atomic E-state index is -0.359. The third-order valence-electron chi connectivity index (χ3n) is 5.95. The molecule has 5 rings (SSSR count). The van der Waals surface area contributed by atoms with Gasteiger partial charge in [-0.05, 0) is 61.0 Å². The van der Waals surface area contributed by atoms with Crippen LogP contribution in [-0.4, -0.2) is 20.2 Å². The summed E-state index contributed by atoms with van der Waals surface area (Å²) in [7, 11) is 0. The lowest BCUT2D eigenvalue weighted by molar-refractivity contribution is 0.382. The van der Waals surface area contributed by atoms with Crippen LogP contribution in [0.2, 0.25) is 0 Å². The Labute approximate surface area is 202 Å². The second kappa shape index (κ2) is 9.23. The van der Waals surface area contributed by atoms with Crippen LogP contribution < -0.4 is 5.32 Å². The number of hydrogen-bond donors (Lipinski definition) is 1. The molecule has 0 saturated heterocycles. The van der Waals surface area contributed by atoms with E-state index in [1.54, 1.807) is 18.4 Å². The van der Waals surface area contributed by atoms with E-state index in [4.69, 9.17) is 21.2 Å². The van der Waals surface area contributed by atoms with Crippen LogP contribution in [0, 0.1) is 5.82 Å². The van der Waals surface area contributed by atoms with Gasteiger partial charge < -0.3 is 19.2 Å². The van der Waals surface area contributed by atoms with Crippen molar-refractivity contribution in [2.75, 3.05) is 0 Å². The zero-order valence-electron chi connectivity index (χ0n) is 18.8. The average Bonchev–Trinajstić information content (AvgIpc) is 3.54. The predicted molar refractivity (Wildman–Crippen MR) is 131 cm³/mol. The highest BCUT2D eigenvalue weighted by Gasteiger charge is 2.34. The highest BCUT2D eigenvalue weighted by Crippen LogP contribution is 2.38. The van der Waals surface area contributed by atoms with Crippen LogP contribution in [0.4, 0.5) is 4.39 Å². The van der Waals surface area contributed by atoms with Gasteiger partial charge in [0, 0.05) is 11.3 Å². The maximum absolute atomic E-state index is 13.8. The van der Waals surface area contributed by atoms with Gasteiger partial charge in [0.05, 0.1) is 24.4 Å². The molecule has 1 N–H and O–H groups in total. The third kappa shape index (κ3) is 4.24. The maximum atomic E-state index is 13.8. The molecule has 4 aromatic rings. The Hall–Kier alpha value is -3.78. The number of thiocarbonyl (C=S) groups is 1. The summed E-state index contributed by atoms with van der Waals surface area (Å²) in [5.74, 6) is 1.09. The molecule has 0 spiro atoms. The number of allylic oxidation sites excluding steroid dienone is 1. The van der Waals surface area contributed by atoms with E-state index < -0.39 is 0 Å². The van der Waals surface area contributed by atoms with E-state index in [0.717, 1.165) is 29.0 Å². The van der Waals surface area contributed by atoms with Crippen LogP contribution >= 0.6 is 12.2 Å². The van der Waals surface area contributed by atoms with Crippen LogP contribution in [-0.2, 0) is 13.0 Å². The molecule has 3 heterocycles. The van der Waals surface area contributed by atoms with Crippen LogP contribution in [0.15, 0.2) is 81.6 Å². The van der Waals surface area contributed by atoms with Crippen LogP contribution in [0.1, 0.15) is 42.7 Å². The quantitative estimate of drug-likeness (QED) is 0.349. The van der Waals surface area contributed by atoms with E-state index in [2.05, 4.69) is 46.6 Å². The van der Waals surface area contributed by atoms with E-state index in [-0.39, 0.29) is 11.9 Å². The van der Waals surface area contributed by atoms with E-state index in [1.165, 1.54) is 17.7 Å². The van der Waals surface area contributed by atoms with Gasteiger partial charge in [-0.2, -0.15) is 4.98 Å². The number of aryl methyl sites for hydroxylation is 1. The van der Waals surface area contributed by atoms with E-state index in [0.29, 0.717) is 28.9 Å². The van der Waals surface area contributed by atoms with Gasteiger partial charge in [-0.25, -0.2) is 4.39 Å². The predicted octanol–water partition coefficient (Wildman–Crippen LogP) is 5.89. The Morgan fingerprint density at radius 3 is 2.65 bits per heavy atom. The maximum Gasteiger partial charge on any atom is 0.258 e. The highest BCUT2D eigenvalue weighted by molar-refractivity contribution is 7.80. The molecule has 0 aliphatic carbocycles. The van der Waals surface area contributed by atoms with Gasteiger partial charge in [-0.15, -0.1) is 0 Å². The normalized spacial score (nSPS) is 16.1. The van der Waals surface area contributed by atoms with Crippen LogP contribution in [0.25, 0.3) is 17.0 Å². The van der Waals surface area contributed by atoms with E-state index in [9.17, 15) is 4.39 Å². The summed E-state index contributed by atoms with van der Waals surface area (Å²) in [6.45, 7) is 4.56. The molecule has 0 fully saturated rings. The lowest BCUT2D eigenvalue weighted by Gasteiger charge is -2.37. The summed E-state index contributed by atoms with van der Waals surface area (Å²) < 4.78 is 25.0. The Kier molecular flexibility index (Phi) is 5.98. The summed E-state index contributed by atoms with van der Waals surface area (Å²) in [6, 6.07) is 18.0. The number of benzene rings is 2. The van der Waals surface area contributed by atoms with Gasteiger partial charge in [0.1, 0.15) is 11.6 Å². The highest BCUT2D eigenvalue weighted by atomic mass is 32.1. The first kappa shape index (κ1) is 22.0. The summed E-state index contributed by atoms with van der Waals surface area (Å²) in [5.41, 5.74) is 4.50. The third-order valence-corrected chi connectivity index (χ3v) is 6.29. The largest absolute Gasteiger partial charge is 0.467 e. The van der Waals surface area contributed by atoms with Crippen LogP contribution in [0.3, 0.4) is 0 Å². The van der Waals surface area contributed by atoms with Crippen molar-refractivity contribution in [2.24, 2.45) is 0 Å². The van der Waals surface area contributed by atoms with Gasteiger partial charge in [0.25, 0.3) is 5.89 Å². The Morgan fingerprint density at radius 2 is 1.94 bits per heavy atom. The number of furan rings is 1. The molecule has 8 heteroatoms. The van der Waals surface area contributed by atoms with Gasteiger partial charge in [0.15, 0.2) is 5.11 Å². The lowest BCUT2D eigenvalue weighted by Crippen LogP contribution is -2.45. The van der Waals surface area contributed by atoms with Gasteiger partial charge >= 0.3 is 0 Å². The monoisotopic (exact) mass is 474 g/mol. The van der Waals surface area contributed by atoms with Crippen molar-refractivity contribution >= 4 is 22.9 Å². The molecule has 2 aromatic heterocycles. The fourth-order valence-corrected chi connectivity index (χ4v) is 4.40. The van der Waals surface area contributed by atoms with E-state index >= 15 is 0 Å². The second-order valence-corrected chi connectivity index (χ2v) is 8.46. The number of nitrogens with zero attached hydrogens (tertiary/aromatic N) is 3. The molecule has 0 bridgehead atoms. The minimum Gasteiger partial charge on any atom is -0.467 e. The Morgan fingerprint density at radius 1 is 1.12 bits per heavy atom. The van der Waals surface area contributed by atoms with Gasteiger partial charge in [0.2, 0.25) is 5.82 Å². The molecule has 1 aliphatic heterocycles. The second-order valence-electron chi connectivity index (χ2n) is 8.08. The molecule has 0 amide bonds. The van der Waals surface area contributed by atoms with Crippen molar-refractivity contribution in [3.63, 3.8) is 0 Å². The number of nitrogens with one attached hydrogen (secondary N) is 1. The molecule has 0 radical (unpaired) electrons. The molecule has 0 saturated carbocycles. The number of aromatic nitrogens is 2. The summed E-state index contributed by atoms with van der Waals surface area (Å²) >= 11 is 5.73. The smallest absolute Gasteiger partial charge is 0.258 e. The zero-order chi connectivity index (χ0) is 23.7. The summed E-state index contributed by atoms with van der Waals surface area (Å²) in [4.78, 5) is 6.58. The first-order valence-corrected chi connectivity index (χ1v) is 11.4. The summed E-state index contributed by atoms with van der Waals surface area (Å²) in [6.07, 6.45) is 2.59. The average molecular weight is 475 g/mol. The molecule has 1 aliphatic rings. The van der Waals surface area contributed by atoms with Crippen molar-refractivity contribution in [2.45, 2.75) is 32.9 Å². The SMILES string of the molecule is CCc1ccc(C2NC(=S)N(Cc3ccco3)C(C)=C2c2nc(-c3cccc(F)c3)no2)cc1. The number of halogens is 1. The molecular formula is C26H23FN4O2S. The molecule has 34 heavy (non-hydrogen) atoms. The fraction of sp³-hybridized carbons (Fsp3) is 0.192. The molecule has 1 atom stereocenters. The molecule has 1 unspecified atom stereocenters. The van der Waals surface area contributed by atoms with Crippen LogP contribution in [0.5, 0.6) is 0 Å². The number of hydrogen-bond acceptors (Lipinski definition) is 5. The molecule has 6 nitrogen and oxygen atoms in total. The molecule has 172 valence electrons. The standard InChI is InChI=1S/C26H23FN4O2S/c1-3-17-9-11-18(12-10-17)23-22(16(2)31(26(34)28-23)15-21-8-5-13-32-21)25-29-24(30-33-25)19-6-4-7-20(27)14-19/h4-14,23H,3,15H2,1-2H3,(H,28,34). The fourth-order valence-electron chi connectivity index (χ4n) is 4.08. The van der Waals surface area contributed by atoms with Crippen molar-refractivity contribution in [1.29, 1.82) is 0 Å². The lowest BCUT2D eigenvalue weighted by atomic mass is 9.94. The van der Waals surface area contributed by atoms with E-state index in [1.807, 2.05) is 24.0 Å². The molecule has 2 aromatic carbocycles. The first-order valence-electron chi connectivity index (χ1n) is 11.0. The summed E-state index contributed by atoms with van der Waals surface area (Å²) in [5, 5.41) is 8.14. The Balaban J connectivity index is 1.59. The topological polar surface area (TPSA) is 67.3 Å².